The van der Waals surface area contributed by atoms with Crippen LogP contribution in [0, 0.1) is 0 Å². The summed E-state index contributed by atoms with van der Waals surface area (Å²) in [6.45, 7) is 4.90. The number of anilines is 1. The molecule has 28 heavy (non-hydrogen) atoms. The van der Waals surface area contributed by atoms with Crippen LogP contribution in [0.3, 0.4) is 0 Å². The highest BCUT2D eigenvalue weighted by atomic mass is 35.5. The van der Waals surface area contributed by atoms with Crippen molar-refractivity contribution >= 4 is 23.2 Å². The van der Waals surface area contributed by atoms with Gasteiger partial charge in [0, 0.05) is 11.6 Å². The molecule has 0 radical (unpaired) electrons. The summed E-state index contributed by atoms with van der Waals surface area (Å²) < 4.78 is 21.9. The van der Waals surface area contributed by atoms with E-state index in [9.17, 15) is 4.79 Å². The maximum atomic E-state index is 12.8. The van der Waals surface area contributed by atoms with Crippen molar-refractivity contribution in [3.63, 3.8) is 0 Å². The molecule has 0 unspecified atom stereocenters. The van der Waals surface area contributed by atoms with Crippen LogP contribution >= 0.6 is 11.6 Å². The van der Waals surface area contributed by atoms with E-state index in [1.165, 1.54) is 7.11 Å². The summed E-state index contributed by atoms with van der Waals surface area (Å²) in [7, 11) is 3.09. The Morgan fingerprint density at radius 3 is 2.46 bits per heavy atom. The zero-order chi connectivity index (χ0) is 20.5. The van der Waals surface area contributed by atoms with E-state index < -0.39 is 0 Å². The minimum absolute atomic E-state index is 0.328. The number of halogens is 1. The van der Waals surface area contributed by atoms with Gasteiger partial charge in [-0.1, -0.05) is 24.9 Å². The third-order valence-electron chi connectivity index (χ3n) is 3.97. The number of benzene rings is 2. The number of nitrogens with one attached hydrogen (secondary N) is 1. The summed E-state index contributed by atoms with van der Waals surface area (Å²) in [5.41, 5.74) is 0.875. The number of methoxy groups -OCH3 is 2. The Morgan fingerprint density at radius 1 is 1.04 bits per heavy atom. The van der Waals surface area contributed by atoms with Crippen LogP contribution in [0.2, 0.25) is 5.02 Å². The monoisotopic (exact) mass is 407 g/mol. The molecule has 6 nitrogen and oxygen atoms in total. The van der Waals surface area contributed by atoms with E-state index in [0.717, 1.165) is 12.8 Å². The maximum Gasteiger partial charge on any atom is 0.255 e. The van der Waals surface area contributed by atoms with Crippen molar-refractivity contribution in [3.05, 3.63) is 40.9 Å². The van der Waals surface area contributed by atoms with Crippen LogP contribution in [0.15, 0.2) is 30.3 Å². The molecule has 0 saturated carbocycles. The normalized spacial score (nSPS) is 10.3. The van der Waals surface area contributed by atoms with E-state index in [-0.39, 0.29) is 5.91 Å². The van der Waals surface area contributed by atoms with Crippen molar-refractivity contribution in [3.8, 4) is 23.0 Å². The Bertz CT molecular complexity index is 810. The summed E-state index contributed by atoms with van der Waals surface area (Å²) in [5.74, 6) is 1.67. The van der Waals surface area contributed by atoms with E-state index in [0.29, 0.717) is 52.5 Å². The van der Waals surface area contributed by atoms with Crippen LogP contribution in [0.5, 0.6) is 23.0 Å². The quantitative estimate of drug-likeness (QED) is 0.549. The van der Waals surface area contributed by atoms with Gasteiger partial charge in [0.2, 0.25) is 0 Å². The van der Waals surface area contributed by atoms with Gasteiger partial charge in [0.05, 0.1) is 38.1 Å². The molecule has 2 rings (SSSR count). The van der Waals surface area contributed by atoms with E-state index in [4.69, 9.17) is 30.5 Å². The number of unbranched alkanes of at least 4 members (excludes halogenated alkanes) is 1. The molecular formula is C21H26ClNO5. The molecule has 0 aliphatic rings. The fraction of sp³-hybridized carbons (Fsp3) is 0.381. The highest BCUT2D eigenvalue weighted by Gasteiger charge is 2.18. The third-order valence-corrected chi connectivity index (χ3v) is 4.25. The first-order valence-electron chi connectivity index (χ1n) is 9.16. The van der Waals surface area contributed by atoms with E-state index in [1.54, 1.807) is 37.4 Å². The second kappa shape index (κ2) is 10.7. The average Bonchev–Trinajstić information content (AvgIpc) is 2.70. The predicted molar refractivity (Wildman–Crippen MR) is 111 cm³/mol. The van der Waals surface area contributed by atoms with E-state index in [2.05, 4.69) is 12.2 Å². The van der Waals surface area contributed by atoms with Gasteiger partial charge >= 0.3 is 0 Å². The predicted octanol–water partition coefficient (Wildman–Crippen LogP) is 5.19. The molecule has 0 spiro atoms. The lowest BCUT2D eigenvalue weighted by Gasteiger charge is -2.16. The van der Waals surface area contributed by atoms with Gasteiger partial charge in [-0.25, -0.2) is 0 Å². The minimum atomic E-state index is -0.341. The molecule has 0 heterocycles. The minimum Gasteiger partial charge on any atom is -0.497 e. The first-order valence-corrected chi connectivity index (χ1v) is 9.54. The van der Waals surface area contributed by atoms with Crippen molar-refractivity contribution in [1.82, 2.24) is 0 Å². The molecule has 1 amide bonds. The largest absolute Gasteiger partial charge is 0.497 e. The maximum absolute atomic E-state index is 12.8. The van der Waals surface area contributed by atoms with Gasteiger partial charge < -0.3 is 24.3 Å². The first kappa shape index (κ1) is 21.7. The molecule has 0 aliphatic heterocycles. The Kier molecular flexibility index (Phi) is 8.26. The van der Waals surface area contributed by atoms with Gasteiger partial charge in [0.1, 0.15) is 11.5 Å². The van der Waals surface area contributed by atoms with Crippen molar-refractivity contribution in [1.29, 1.82) is 0 Å². The topological polar surface area (TPSA) is 66.0 Å². The summed E-state index contributed by atoms with van der Waals surface area (Å²) >= 11 is 6.37. The fourth-order valence-corrected chi connectivity index (χ4v) is 2.78. The molecular weight excluding hydrogens is 382 g/mol. The van der Waals surface area contributed by atoms with Crippen LogP contribution in [-0.4, -0.2) is 33.3 Å². The first-order chi connectivity index (χ1) is 13.5. The molecule has 1 N–H and O–H groups in total. The highest BCUT2D eigenvalue weighted by Crippen LogP contribution is 2.37. The summed E-state index contributed by atoms with van der Waals surface area (Å²) in [5, 5.41) is 3.15. The molecule has 2 aromatic rings. The molecule has 0 atom stereocenters. The van der Waals surface area contributed by atoms with E-state index in [1.807, 2.05) is 6.92 Å². The van der Waals surface area contributed by atoms with Gasteiger partial charge in [0.15, 0.2) is 11.5 Å². The molecule has 2 aromatic carbocycles. The Morgan fingerprint density at radius 2 is 1.82 bits per heavy atom. The van der Waals surface area contributed by atoms with Gasteiger partial charge in [-0.05, 0) is 37.6 Å². The molecule has 0 bridgehead atoms. The third kappa shape index (κ3) is 5.45. The van der Waals surface area contributed by atoms with Gasteiger partial charge in [0.25, 0.3) is 5.91 Å². The lowest BCUT2D eigenvalue weighted by molar-refractivity contribution is 0.102. The number of carbonyl (C=O) groups excluding carboxylic acids is 1. The standard InChI is InChI=1S/C21H26ClNO5/c1-5-7-10-28-20-16(22)11-14(12-19(20)27-6-2)21(24)23-17-9-8-15(25-3)13-18(17)26-4/h8-9,11-13H,5-7,10H2,1-4H3,(H,23,24). The van der Waals surface area contributed by atoms with Crippen molar-refractivity contribution in [2.75, 3.05) is 32.8 Å². The SMILES string of the molecule is CCCCOc1c(Cl)cc(C(=O)Nc2ccc(OC)cc2OC)cc1OCC. The highest BCUT2D eigenvalue weighted by molar-refractivity contribution is 6.32. The fourth-order valence-electron chi connectivity index (χ4n) is 2.52. The van der Waals surface area contributed by atoms with Crippen LogP contribution < -0.4 is 24.3 Å². The van der Waals surface area contributed by atoms with Crippen LogP contribution in [0.25, 0.3) is 0 Å². The number of hydrogen-bond acceptors (Lipinski definition) is 5. The summed E-state index contributed by atoms with van der Waals surface area (Å²) in [6.07, 6.45) is 1.91. The summed E-state index contributed by atoms with van der Waals surface area (Å²) in [6, 6.07) is 8.34. The zero-order valence-corrected chi connectivity index (χ0v) is 17.4. The van der Waals surface area contributed by atoms with Crippen LogP contribution in [0.1, 0.15) is 37.0 Å². The lowest BCUT2D eigenvalue weighted by atomic mass is 10.1. The number of rotatable bonds is 10. The number of carbonyl (C=O) groups is 1. The molecule has 0 fully saturated rings. The van der Waals surface area contributed by atoms with E-state index >= 15 is 0 Å². The van der Waals surface area contributed by atoms with Gasteiger partial charge in [-0.15, -0.1) is 0 Å². The molecule has 7 heteroatoms. The van der Waals surface area contributed by atoms with Crippen molar-refractivity contribution in [2.45, 2.75) is 26.7 Å². The molecule has 0 aromatic heterocycles. The molecule has 0 saturated heterocycles. The summed E-state index contributed by atoms with van der Waals surface area (Å²) in [4.78, 5) is 12.8. The molecule has 152 valence electrons. The number of hydrogen-bond donors (Lipinski definition) is 1. The van der Waals surface area contributed by atoms with Gasteiger partial charge in [-0.2, -0.15) is 0 Å². The second-order valence-corrected chi connectivity index (χ2v) is 6.35. The Hall–Kier alpha value is -2.60. The average molecular weight is 408 g/mol. The number of ether oxygens (including phenoxy) is 4. The van der Waals surface area contributed by atoms with Crippen LogP contribution in [0.4, 0.5) is 5.69 Å². The van der Waals surface area contributed by atoms with Crippen molar-refractivity contribution in [2.24, 2.45) is 0 Å². The van der Waals surface area contributed by atoms with Crippen LogP contribution in [-0.2, 0) is 0 Å². The second-order valence-electron chi connectivity index (χ2n) is 5.94. The number of amides is 1. The molecule has 0 aliphatic carbocycles. The zero-order valence-electron chi connectivity index (χ0n) is 16.6. The van der Waals surface area contributed by atoms with Crippen molar-refractivity contribution < 1.29 is 23.7 Å². The van der Waals surface area contributed by atoms with Gasteiger partial charge in [-0.3, -0.25) is 4.79 Å². The smallest absolute Gasteiger partial charge is 0.255 e. The lowest BCUT2D eigenvalue weighted by Crippen LogP contribution is -2.13. The Labute approximate surface area is 170 Å². The Balaban J connectivity index is 2.27.